The fourth-order valence-electron chi connectivity index (χ4n) is 2.56. The van der Waals surface area contributed by atoms with Gasteiger partial charge in [-0.15, -0.1) is 0 Å². The zero-order chi connectivity index (χ0) is 8.06. The number of rotatable bonds is 0. The summed E-state index contributed by atoms with van der Waals surface area (Å²) in [6.07, 6.45) is 2.92. The molecule has 0 aromatic rings. The fourth-order valence-corrected chi connectivity index (χ4v) is 2.56. The van der Waals surface area contributed by atoms with Crippen molar-refractivity contribution in [2.75, 3.05) is 6.61 Å². The second-order valence-electron chi connectivity index (χ2n) is 4.44. The largest absolute Gasteiger partial charge is 0.377 e. The van der Waals surface area contributed by atoms with Crippen molar-refractivity contribution in [1.82, 2.24) is 0 Å². The highest BCUT2D eigenvalue weighted by Crippen LogP contribution is 2.49. The Hall–Kier alpha value is -0.0800. The van der Waals surface area contributed by atoms with Gasteiger partial charge in [0.1, 0.15) is 0 Å². The first-order valence-electron chi connectivity index (χ1n) is 4.51. The lowest BCUT2D eigenvalue weighted by Gasteiger charge is -2.58. The Morgan fingerprint density at radius 3 is 2.82 bits per heavy atom. The van der Waals surface area contributed by atoms with E-state index in [1.165, 1.54) is 12.8 Å². The van der Waals surface area contributed by atoms with E-state index in [0.717, 1.165) is 6.61 Å². The Bertz CT molecular complexity index is 167. The van der Waals surface area contributed by atoms with E-state index < -0.39 is 0 Å². The molecule has 0 unspecified atom stereocenters. The molecule has 64 valence electrons. The third-order valence-electron chi connectivity index (χ3n) is 3.42. The molecule has 1 aliphatic heterocycles. The number of ether oxygens (including phenoxy) is 1. The summed E-state index contributed by atoms with van der Waals surface area (Å²) in [4.78, 5) is 0. The van der Waals surface area contributed by atoms with Crippen LogP contribution in [-0.2, 0) is 4.74 Å². The summed E-state index contributed by atoms with van der Waals surface area (Å²) in [5.74, 6) is 0.652. The lowest BCUT2D eigenvalue weighted by molar-refractivity contribution is -0.183. The van der Waals surface area contributed by atoms with Crippen molar-refractivity contribution in [2.45, 2.75) is 38.8 Å². The van der Waals surface area contributed by atoms with E-state index in [0.29, 0.717) is 18.1 Å². The molecule has 0 amide bonds. The highest BCUT2D eigenvalue weighted by molar-refractivity contribution is 5.08. The summed E-state index contributed by atoms with van der Waals surface area (Å²) < 4.78 is 5.68. The molecule has 3 atom stereocenters. The Labute approximate surface area is 68.1 Å². The monoisotopic (exact) mass is 155 g/mol. The van der Waals surface area contributed by atoms with Crippen LogP contribution in [0, 0.1) is 11.3 Å². The molecule has 1 aliphatic carbocycles. The van der Waals surface area contributed by atoms with Crippen LogP contribution in [0.5, 0.6) is 0 Å². The third-order valence-corrected chi connectivity index (χ3v) is 3.42. The zero-order valence-corrected chi connectivity index (χ0v) is 7.34. The van der Waals surface area contributed by atoms with Crippen LogP contribution < -0.4 is 5.73 Å². The Balaban J connectivity index is 2.09. The Morgan fingerprint density at radius 1 is 1.45 bits per heavy atom. The predicted octanol–water partition coefficient (Wildman–Crippen LogP) is 1.15. The van der Waals surface area contributed by atoms with Crippen molar-refractivity contribution in [1.29, 1.82) is 0 Å². The summed E-state index contributed by atoms with van der Waals surface area (Å²) in [5, 5.41) is 0. The molecule has 1 heterocycles. The molecule has 0 aromatic heterocycles. The minimum atomic E-state index is 0.227. The molecule has 11 heavy (non-hydrogen) atoms. The van der Waals surface area contributed by atoms with Gasteiger partial charge in [-0.05, 0) is 12.8 Å². The van der Waals surface area contributed by atoms with Crippen LogP contribution in [0.1, 0.15) is 26.7 Å². The van der Waals surface area contributed by atoms with E-state index >= 15 is 0 Å². The van der Waals surface area contributed by atoms with Crippen molar-refractivity contribution >= 4 is 0 Å². The number of hydrogen-bond acceptors (Lipinski definition) is 2. The standard InChI is InChI=1S/C9H17NO/c1-9(2)7(10)6-4-3-5-11-8(6)9/h6-8H,3-5,10H2,1-2H3/t6-,7+,8+/m1/s1. The normalized spacial score (nSPS) is 47.7. The van der Waals surface area contributed by atoms with E-state index in [4.69, 9.17) is 10.5 Å². The summed E-state index contributed by atoms with van der Waals surface area (Å²) in [7, 11) is 0. The number of nitrogens with two attached hydrogens (primary N) is 1. The smallest absolute Gasteiger partial charge is 0.0684 e. The van der Waals surface area contributed by atoms with Gasteiger partial charge in [-0.1, -0.05) is 13.8 Å². The molecule has 2 fully saturated rings. The topological polar surface area (TPSA) is 35.2 Å². The van der Waals surface area contributed by atoms with Gasteiger partial charge < -0.3 is 10.5 Å². The maximum Gasteiger partial charge on any atom is 0.0684 e. The van der Waals surface area contributed by atoms with Crippen LogP contribution >= 0.6 is 0 Å². The molecular formula is C9H17NO. The summed E-state index contributed by atoms with van der Waals surface area (Å²) in [6.45, 7) is 5.37. The first kappa shape index (κ1) is 7.56. The van der Waals surface area contributed by atoms with Gasteiger partial charge in [0.25, 0.3) is 0 Å². The first-order valence-corrected chi connectivity index (χ1v) is 4.51. The molecule has 2 N–H and O–H groups in total. The Morgan fingerprint density at radius 2 is 2.18 bits per heavy atom. The van der Waals surface area contributed by atoms with Gasteiger partial charge in [0.2, 0.25) is 0 Å². The average Bonchev–Trinajstić information content (AvgIpc) is 2.04. The van der Waals surface area contributed by atoms with Gasteiger partial charge in [0, 0.05) is 24.0 Å². The molecule has 0 radical (unpaired) electrons. The fraction of sp³-hybridized carbons (Fsp3) is 1.00. The quantitative estimate of drug-likeness (QED) is 0.569. The minimum absolute atomic E-state index is 0.227. The summed E-state index contributed by atoms with van der Waals surface area (Å²) in [5.41, 5.74) is 6.26. The van der Waals surface area contributed by atoms with Crippen molar-refractivity contribution in [2.24, 2.45) is 17.1 Å². The van der Waals surface area contributed by atoms with Crippen molar-refractivity contribution < 1.29 is 4.74 Å². The van der Waals surface area contributed by atoms with Crippen molar-refractivity contribution in [3.8, 4) is 0 Å². The second kappa shape index (κ2) is 2.20. The van der Waals surface area contributed by atoms with Crippen molar-refractivity contribution in [3.63, 3.8) is 0 Å². The molecule has 1 saturated heterocycles. The highest BCUT2D eigenvalue weighted by atomic mass is 16.5. The van der Waals surface area contributed by atoms with Gasteiger partial charge in [-0.2, -0.15) is 0 Å². The van der Waals surface area contributed by atoms with Gasteiger partial charge in [0.05, 0.1) is 6.10 Å². The van der Waals surface area contributed by atoms with Gasteiger partial charge in [-0.25, -0.2) is 0 Å². The number of hydrogen-bond donors (Lipinski definition) is 1. The van der Waals surface area contributed by atoms with Crippen LogP contribution in [0.3, 0.4) is 0 Å². The predicted molar refractivity (Wildman–Crippen MR) is 44.2 cm³/mol. The van der Waals surface area contributed by atoms with E-state index in [-0.39, 0.29) is 5.41 Å². The molecule has 2 rings (SSSR count). The van der Waals surface area contributed by atoms with Gasteiger partial charge in [0.15, 0.2) is 0 Å². The van der Waals surface area contributed by atoms with E-state index in [2.05, 4.69) is 13.8 Å². The van der Waals surface area contributed by atoms with Crippen LogP contribution in [0.15, 0.2) is 0 Å². The summed E-state index contributed by atoms with van der Waals surface area (Å²) in [6, 6.07) is 0.368. The maximum atomic E-state index is 6.03. The molecule has 0 bridgehead atoms. The highest BCUT2D eigenvalue weighted by Gasteiger charge is 2.55. The minimum Gasteiger partial charge on any atom is -0.377 e. The van der Waals surface area contributed by atoms with Crippen LogP contribution in [-0.4, -0.2) is 18.8 Å². The van der Waals surface area contributed by atoms with Gasteiger partial charge >= 0.3 is 0 Å². The molecule has 2 nitrogen and oxygen atoms in total. The SMILES string of the molecule is CC1(C)[C@@H](N)[C@H]2CCCO[C@@H]21. The number of fused-ring (bicyclic) bond motifs is 1. The second-order valence-corrected chi connectivity index (χ2v) is 4.44. The van der Waals surface area contributed by atoms with Crippen LogP contribution in [0.25, 0.3) is 0 Å². The lowest BCUT2D eigenvalue weighted by atomic mass is 9.56. The molecule has 2 aliphatic rings. The van der Waals surface area contributed by atoms with E-state index in [1.807, 2.05) is 0 Å². The zero-order valence-electron chi connectivity index (χ0n) is 7.34. The van der Waals surface area contributed by atoms with Gasteiger partial charge in [-0.3, -0.25) is 0 Å². The molecule has 0 aromatic carbocycles. The Kier molecular flexibility index (Phi) is 1.52. The maximum absolute atomic E-state index is 6.03. The molecular weight excluding hydrogens is 138 g/mol. The third kappa shape index (κ3) is 0.859. The molecule has 0 spiro atoms. The molecule has 1 saturated carbocycles. The lowest BCUT2D eigenvalue weighted by Crippen LogP contribution is -2.67. The molecule has 2 heteroatoms. The average molecular weight is 155 g/mol. The van der Waals surface area contributed by atoms with Crippen LogP contribution in [0.4, 0.5) is 0 Å². The van der Waals surface area contributed by atoms with Crippen LogP contribution in [0.2, 0.25) is 0 Å². The first-order chi connectivity index (χ1) is 5.14. The van der Waals surface area contributed by atoms with E-state index in [1.54, 1.807) is 0 Å². The van der Waals surface area contributed by atoms with Crippen molar-refractivity contribution in [3.05, 3.63) is 0 Å². The summed E-state index contributed by atoms with van der Waals surface area (Å²) >= 11 is 0. The van der Waals surface area contributed by atoms with E-state index in [9.17, 15) is 0 Å².